The van der Waals surface area contributed by atoms with Crippen LogP contribution in [0.1, 0.15) is 38.1 Å². The number of benzene rings is 2. The molecule has 2 nitrogen and oxygen atoms in total. The predicted molar refractivity (Wildman–Crippen MR) is 81.7 cm³/mol. The van der Waals surface area contributed by atoms with Crippen LogP contribution in [0.4, 0.5) is 0 Å². The molecule has 2 aromatic carbocycles. The average molecular weight is 265 g/mol. The molecule has 1 atom stereocenters. The second-order valence-electron chi connectivity index (χ2n) is 6.23. The molecule has 0 radical (unpaired) electrons. The summed E-state index contributed by atoms with van der Waals surface area (Å²) >= 11 is 0. The molecule has 102 valence electrons. The first-order chi connectivity index (χ1) is 9.55. The third-order valence-electron chi connectivity index (χ3n) is 3.56. The van der Waals surface area contributed by atoms with Crippen LogP contribution >= 0.6 is 0 Å². The summed E-state index contributed by atoms with van der Waals surface area (Å²) in [4.78, 5) is 4.69. The molecule has 0 saturated heterocycles. The summed E-state index contributed by atoms with van der Waals surface area (Å²) in [5.74, 6) is 0.945. The maximum absolute atomic E-state index is 6.00. The summed E-state index contributed by atoms with van der Waals surface area (Å²) in [5.41, 5.74) is 3.06. The maximum Gasteiger partial charge on any atom is 0.203 e. The van der Waals surface area contributed by atoms with Crippen molar-refractivity contribution in [3.05, 3.63) is 66.1 Å². The third kappa shape index (κ3) is 2.34. The lowest BCUT2D eigenvalue weighted by Gasteiger charge is -2.28. The number of oxazole rings is 1. The highest BCUT2D eigenvalue weighted by Crippen LogP contribution is 2.40. The van der Waals surface area contributed by atoms with Crippen LogP contribution in [-0.4, -0.2) is 4.98 Å². The van der Waals surface area contributed by atoms with Crippen LogP contribution in [0.15, 0.2) is 59.0 Å². The second-order valence-corrected chi connectivity index (χ2v) is 6.23. The minimum absolute atomic E-state index is 0.0439. The predicted octanol–water partition coefficient (Wildman–Crippen LogP) is 5.01. The standard InChI is InChI=1S/C18H19NO/c1-18(2,3)16(13-9-5-4-6-10-13)17-19-14-11-7-8-12-15(14)20-17/h4-12,16H,1-3H3. The van der Waals surface area contributed by atoms with Crippen molar-refractivity contribution in [1.82, 2.24) is 4.98 Å². The van der Waals surface area contributed by atoms with Gasteiger partial charge in [0.05, 0.1) is 5.92 Å². The van der Waals surface area contributed by atoms with Crippen molar-refractivity contribution in [2.75, 3.05) is 0 Å². The highest BCUT2D eigenvalue weighted by atomic mass is 16.3. The molecule has 0 spiro atoms. The summed E-state index contributed by atoms with van der Waals surface area (Å²) in [6.07, 6.45) is 0. The van der Waals surface area contributed by atoms with E-state index >= 15 is 0 Å². The molecule has 0 fully saturated rings. The normalized spacial score (nSPS) is 13.6. The molecular formula is C18H19NO. The van der Waals surface area contributed by atoms with Crippen LogP contribution in [0.3, 0.4) is 0 Å². The van der Waals surface area contributed by atoms with Gasteiger partial charge in [-0.2, -0.15) is 0 Å². The summed E-state index contributed by atoms with van der Waals surface area (Å²) in [5, 5.41) is 0. The average Bonchev–Trinajstić information content (AvgIpc) is 2.81. The van der Waals surface area contributed by atoms with Crippen molar-refractivity contribution in [2.45, 2.75) is 26.7 Å². The number of aromatic nitrogens is 1. The number of rotatable bonds is 2. The minimum Gasteiger partial charge on any atom is -0.440 e. The lowest BCUT2D eigenvalue weighted by atomic mass is 9.76. The van der Waals surface area contributed by atoms with Crippen LogP contribution in [0.2, 0.25) is 0 Å². The summed E-state index contributed by atoms with van der Waals surface area (Å²) in [6.45, 7) is 6.67. The summed E-state index contributed by atoms with van der Waals surface area (Å²) < 4.78 is 6.00. The SMILES string of the molecule is CC(C)(C)C(c1ccccc1)c1nc2ccccc2o1. The van der Waals surface area contributed by atoms with E-state index in [9.17, 15) is 0 Å². The van der Waals surface area contributed by atoms with E-state index in [1.807, 2.05) is 30.3 Å². The van der Waals surface area contributed by atoms with Gasteiger partial charge in [0.25, 0.3) is 0 Å². The van der Waals surface area contributed by atoms with Gasteiger partial charge in [-0.1, -0.05) is 63.2 Å². The first-order valence-electron chi connectivity index (χ1n) is 6.96. The Hall–Kier alpha value is -2.09. The van der Waals surface area contributed by atoms with Crippen molar-refractivity contribution < 1.29 is 4.42 Å². The third-order valence-corrected chi connectivity index (χ3v) is 3.56. The fourth-order valence-electron chi connectivity index (χ4n) is 2.67. The second kappa shape index (κ2) is 4.78. The zero-order valence-corrected chi connectivity index (χ0v) is 12.1. The number of hydrogen-bond acceptors (Lipinski definition) is 2. The molecule has 0 aliphatic carbocycles. The Morgan fingerprint density at radius 3 is 2.20 bits per heavy atom. The number of hydrogen-bond donors (Lipinski definition) is 0. The van der Waals surface area contributed by atoms with Gasteiger partial charge in [-0.25, -0.2) is 4.98 Å². The van der Waals surface area contributed by atoms with E-state index in [0.29, 0.717) is 0 Å². The molecule has 2 heteroatoms. The fourth-order valence-corrected chi connectivity index (χ4v) is 2.67. The molecule has 0 bridgehead atoms. The van der Waals surface area contributed by atoms with Crippen LogP contribution in [-0.2, 0) is 0 Å². The molecular weight excluding hydrogens is 246 g/mol. The fraction of sp³-hybridized carbons (Fsp3) is 0.278. The van der Waals surface area contributed by atoms with Gasteiger partial charge in [-0.15, -0.1) is 0 Å². The Kier molecular flexibility index (Phi) is 3.09. The molecule has 0 aliphatic rings. The van der Waals surface area contributed by atoms with Crippen molar-refractivity contribution in [3.63, 3.8) is 0 Å². The highest BCUT2D eigenvalue weighted by Gasteiger charge is 2.32. The first-order valence-corrected chi connectivity index (χ1v) is 6.96. The molecule has 0 saturated carbocycles. The van der Waals surface area contributed by atoms with E-state index in [1.54, 1.807) is 0 Å². The molecule has 0 aliphatic heterocycles. The summed E-state index contributed by atoms with van der Waals surface area (Å²) in [6, 6.07) is 18.4. The molecule has 0 amide bonds. The van der Waals surface area contributed by atoms with Crippen molar-refractivity contribution in [2.24, 2.45) is 5.41 Å². The monoisotopic (exact) mass is 265 g/mol. The number of nitrogens with zero attached hydrogens (tertiary/aromatic N) is 1. The lowest BCUT2D eigenvalue weighted by Crippen LogP contribution is -2.19. The number of fused-ring (bicyclic) bond motifs is 1. The first kappa shape index (κ1) is 12.9. The van der Waals surface area contributed by atoms with Gasteiger partial charge >= 0.3 is 0 Å². The van der Waals surface area contributed by atoms with Gasteiger partial charge in [-0.3, -0.25) is 0 Å². The van der Waals surface area contributed by atoms with Gasteiger partial charge in [-0.05, 0) is 23.1 Å². The van der Waals surface area contributed by atoms with Gasteiger partial charge in [0.15, 0.2) is 5.58 Å². The van der Waals surface area contributed by atoms with Crippen molar-refractivity contribution >= 4 is 11.1 Å². The van der Waals surface area contributed by atoms with E-state index in [0.717, 1.165) is 17.0 Å². The van der Waals surface area contributed by atoms with E-state index < -0.39 is 0 Å². The molecule has 3 rings (SSSR count). The maximum atomic E-state index is 6.00. The lowest BCUT2D eigenvalue weighted by molar-refractivity contribution is 0.311. The topological polar surface area (TPSA) is 26.0 Å². The Labute approximate surface area is 119 Å². The van der Waals surface area contributed by atoms with Gasteiger partial charge in [0.1, 0.15) is 5.52 Å². The van der Waals surface area contributed by atoms with E-state index in [-0.39, 0.29) is 11.3 Å². The molecule has 1 heterocycles. The van der Waals surface area contributed by atoms with Crippen molar-refractivity contribution in [3.8, 4) is 0 Å². The molecule has 3 aromatic rings. The summed E-state index contributed by atoms with van der Waals surface area (Å²) in [7, 11) is 0. The zero-order valence-electron chi connectivity index (χ0n) is 12.1. The van der Waals surface area contributed by atoms with E-state index in [4.69, 9.17) is 4.42 Å². The Morgan fingerprint density at radius 1 is 0.900 bits per heavy atom. The highest BCUT2D eigenvalue weighted by molar-refractivity contribution is 5.72. The molecule has 1 unspecified atom stereocenters. The Balaban J connectivity index is 2.15. The van der Waals surface area contributed by atoms with Crippen molar-refractivity contribution in [1.29, 1.82) is 0 Å². The Bertz CT molecular complexity index is 674. The minimum atomic E-state index is 0.0439. The quantitative estimate of drug-likeness (QED) is 0.651. The van der Waals surface area contributed by atoms with Crippen LogP contribution < -0.4 is 0 Å². The molecule has 20 heavy (non-hydrogen) atoms. The zero-order chi connectivity index (χ0) is 14.2. The van der Waals surface area contributed by atoms with Gasteiger partial charge < -0.3 is 4.42 Å². The smallest absolute Gasteiger partial charge is 0.203 e. The number of para-hydroxylation sites is 2. The van der Waals surface area contributed by atoms with Gasteiger partial charge in [0.2, 0.25) is 5.89 Å². The van der Waals surface area contributed by atoms with Crippen LogP contribution in [0.25, 0.3) is 11.1 Å². The van der Waals surface area contributed by atoms with Gasteiger partial charge in [0, 0.05) is 0 Å². The molecule has 0 N–H and O–H groups in total. The largest absolute Gasteiger partial charge is 0.440 e. The van der Waals surface area contributed by atoms with E-state index in [1.165, 1.54) is 5.56 Å². The van der Waals surface area contributed by atoms with E-state index in [2.05, 4.69) is 50.0 Å². The van der Waals surface area contributed by atoms with Crippen LogP contribution in [0, 0.1) is 5.41 Å². The van der Waals surface area contributed by atoms with Crippen LogP contribution in [0.5, 0.6) is 0 Å². The Morgan fingerprint density at radius 2 is 1.55 bits per heavy atom. The molecule has 1 aromatic heterocycles.